The summed E-state index contributed by atoms with van der Waals surface area (Å²) in [5.74, 6) is 6.21. The first-order chi connectivity index (χ1) is 8.13. The summed E-state index contributed by atoms with van der Waals surface area (Å²) < 4.78 is 0. The Morgan fingerprint density at radius 1 is 1.65 bits per heavy atom. The third-order valence-electron chi connectivity index (χ3n) is 2.97. The molecule has 3 nitrogen and oxygen atoms in total. The molecule has 0 fully saturated rings. The van der Waals surface area contributed by atoms with E-state index < -0.39 is 0 Å². The highest BCUT2D eigenvalue weighted by Crippen LogP contribution is 2.36. The fourth-order valence-electron chi connectivity index (χ4n) is 2.27. The number of rotatable bonds is 0. The normalized spacial score (nSPS) is 22.4. The molecule has 2 aliphatic rings. The summed E-state index contributed by atoms with van der Waals surface area (Å²) in [6.07, 6.45) is 6.14. The first kappa shape index (κ1) is 11.7. The van der Waals surface area contributed by atoms with Crippen LogP contribution in [0.5, 0.6) is 0 Å². The van der Waals surface area contributed by atoms with Gasteiger partial charge in [0.25, 0.3) is 0 Å². The van der Waals surface area contributed by atoms with Gasteiger partial charge in [-0.2, -0.15) is 0 Å². The highest BCUT2D eigenvalue weighted by Gasteiger charge is 2.33. The Hall–Kier alpha value is -1.82. The van der Waals surface area contributed by atoms with Crippen molar-refractivity contribution in [2.75, 3.05) is 0 Å². The lowest BCUT2D eigenvalue weighted by Gasteiger charge is -2.24. The van der Waals surface area contributed by atoms with Crippen molar-refractivity contribution in [3.05, 3.63) is 23.5 Å². The predicted molar refractivity (Wildman–Crippen MR) is 67.2 cm³/mol. The molecule has 0 aromatic heterocycles. The molecule has 88 valence electrons. The van der Waals surface area contributed by atoms with Crippen molar-refractivity contribution in [1.29, 1.82) is 5.41 Å². The van der Waals surface area contributed by atoms with Gasteiger partial charge in [0.15, 0.2) is 0 Å². The molecule has 0 bridgehead atoms. The lowest BCUT2D eigenvalue weighted by atomic mass is 9.92. The SMILES string of the molecule is CCC#CC1=CC2CC(=N)CC=C2N1C(C)=O. The second kappa shape index (κ2) is 4.58. The molecule has 0 saturated heterocycles. The smallest absolute Gasteiger partial charge is 0.228 e. The van der Waals surface area contributed by atoms with Crippen molar-refractivity contribution in [1.82, 2.24) is 4.90 Å². The summed E-state index contributed by atoms with van der Waals surface area (Å²) in [4.78, 5) is 13.4. The average Bonchev–Trinajstić information content (AvgIpc) is 2.63. The van der Waals surface area contributed by atoms with Gasteiger partial charge in [-0.1, -0.05) is 18.9 Å². The van der Waals surface area contributed by atoms with Crippen LogP contribution in [0.4, 0.5) is 0 Å². The molecule has 17 heavy (non-hydrogen) atoms. The van der Waals surface area contributed by atoms with Crippen molar-refractivity contribution in [2.45, 2.75) is 33.1 Å². The molecule has 1 amide bonds. The van der Waals surface area contributed by atoms with Crippen molar-refractivity contribution in [2.24, 2.45) is 5.92 Å². The second-order valence-electron chi connectivity index (χ2n) is 4.31. The lowest BCUT2D eigenvalue weighted by Crippen LogP contribution is -2.27. The fourth-order valence-corrected chi connectivity index (χ4v) is 2.27. The molecule has 1 atom stereocenters. The Labute approximate surface area is 102 Å². The zero-order valence-electron chi connectivity index (χ0n) is 10.2. The van der Waals surface area contributed by atoms with E-state index in [0.29, 0.717) is 12.8 Å². The van der Waals surface area contributed by atoms with Crippen LogP contribution in [0.3, 0.4) is 0 Å². The summed E-state index contributed by atoms with van der Waals surface area (Å²) in [6, 6.07) is 0. The molecule has 0 saturated carbocycles. The van der Waals surface area contributed by atoms with Gasteiger partial charge in [0, 0.05) is 37.1 Å². The van der Waals surface area contributed by atoms with Crippen molar-refractivity contribution >= 4 is 11.6 Å². The van der Waals surface area contributed by atoms with E-state index >= 15 is 0 Å². The van der Waals surface area contributed by atoms with E-state index in [0.717, 1.165) is 23.5 Å². The number of amides is 1. The third-order valence-corrected chi connectivity index (χ3v) is 2.97. The van der Waals surface area contributed by atoms with Crippen LogP contribution in [-0.2, 0) is 4.79 Å². The molecule has 1 aliphatic heterocycles. The molecule has 2 rings (SSSR count). The van der Waals surface area contributed by atoms with Crippen molar-refractivity contribution in [3.63, 3.8) is 0 Å². The number of hydrogen-bond acceptors (Lipinski definition) is 2. The van der Waals surface area contributed by atoms with Gasteiger partial charge < -0.3 is 5.41 Å². The van der Waals surface area contributed by atoms with Gasteiger partial charge in [-0.15, -0.1) is 0 Å². The number of allylic oxidation sites excluding steroid dienone is 3. The Morgan fingerprint density at radius 3 is 3.06 bits per heavy atom. The first-order valence-electron chi connectivity index (χ1n) is 5.91. The number of carbonyl (C=O) groups is 1. The number of fused-ring (bicyclic) bond motifs is 1. The minimum Gasteiger partial charge on any atom is -0.309 e. The average molecular weight is 228 g/mol. The first-order valence-corrected chi connectivity index (χ1v) is 5.91. The number of nitrogens with zero attached hydrogens (tertiary/aromatic N) is 1. The van der Waals surface area contributed by atoms with E-state index in [1.807, 2.05) is 19.1 Å². The summed E-state index contributed by atoms with van der Waals surface area (Å²) in [6.45, 7) is 3.55. The molecule has 0 aromatic carbocycles. The van der Waals surface area contributed by atoms with E-state index in [9.17, 15) is 4.79 Å². The molecule has 0 aromatic rings. The van der Waals surface area contributed by atoms with Crippen LogP contribution in [0.25, 0.3) is 0 Å². The minimum atomic E-state index is 0.00355. The van der Waals surface area contributed by atoms with Crippen LogP contribution in [0.15, 0.2) is 23.5 Å². The highest BCUT2D eigenvalue weighted by atomic mass is 16.2. The van der Waals surface area contributed by atoms with Gasteiger partial charge >= 0.3 is 0 Å². The Balaban J connectivity index is 2.36. The zero-order valence-corrected chi connectivity index (χ0v) is 10.2. The van der Waals surface area contributed by atoms with Gasteiger partial charge in [-0.25, -0.2) is 0 Å². The summed E-state index contributed by atoms with van der Waals surface area (Å²) >= 11 is 0. The van der Waals surface area contributed by atoms with Crippen LogP contribution in [0.2, 0.25) is 0 Å². The third kappa shape index (κ3) is 2.16. The summed E-state index contributed by atoms with van der Waals surface area (Å²) in [5, 5.41) is 7.70. The van der Waals surface area contributed by atoms with Gasteiger partial charge in [0.1, 0.15) is 0 Å². The maximum atomic E-state index is 11.7. The molecule has 1 unspecified atom stereocenters. The van der Waals surface area contributed by atoms with Gasteiger partial charge in [0.2, 0.25) is 5.91 Å². The largest absolute Gasteiger partial charge is 0.309 e. The van der Waals surface area contributed by atoms with Crippen LogP contribution in [0, 0.1) is 23.2 Å². The molecular weight excluding hydrogens is 212 g/mol. The topological polar surface area (TPSA) is 44.2 Å². The van der Waals surface area contributed by atoms with E-state index in [4.69, 9.17) is 5.41 Å². The predicted octanol–water partition coefficient (Wildman–Crippen LogP) is 2.46. The second-order valence-corrected chi connectivity index (χ2v) is 4.31. The van der Waals surface area contributed by atoms with Gasteiger partial charge in [0.05, 0.1) is 5.70 Å². The van der Waals surface area contributed by atoms with Crippen LogP contribution in [0.1, 0.15) is 33.1 Å². The minimum absolute atomic E-state index is 0.00355. The molecular formula is C14H16N2O. The molecule has 1 aliphatic carbocycles. The van der Waals surface area contributed by atoms with Gasteiger partial charge in [-0.3, -0.25) is 9.69 Å². The molecule has 1 heterocycles. The monoisotopic (exact) mass is 228 g/mol. The van der Waals surface area contributed by atoms with E-state index in [1.165, 1.54) is 0 Å². The van der Waals surface area contributed by atoms with Gasteiger partial charge in [-0.05, 0) is 18.4 Å². The number of carbonyl (C=O) groups excluding carboxylic acids is 1. The molecule has 1 N–H and O–H groups in total. The van der Waals surface area contributed by atoms with Crippen LogP contribution < -0.4 is 0 Å². The number of nitrogens with one attached hydrogen (secondary N) is 1. The van der Waals surface area contributed by atoms with E-state index in [-0.39, 0.29) is 11.8 Å². The highest BCUT2D eigenvalue weighted by molar-refractivity contribution is 5.87. The molecule has 0 radical (unpaired) electrons. The fraction of sp³-hybridized carbons (Fsp3) is 0.429. The Kier molecular flexibility index (Phi) is 3.14. The summed E-state index contributed by atoms with van der Waals surface area (Å²) in [5.41, 5.74) is 2.52. The molecule has 3 heteroatoms. The van der Waals surface area contributed by atoms with Crippen molar-refractivity contribution in [3.8, 4) is 11.8 Å². The molecule has 0 spiro atoms. The quantitative estimate of drug-likeness (QED) is 0.636. The zero-order chi connectivity index (χ0) is 12.4. The Morgan fingerprint density at radius 2 is 2.41 bits per heavy atom. The standard InChI is InChI=1S/C14H16N2O/c1-3-4-5-13-9-11-8-12(15)6-7-14(11)16(13)10(2)17/h7,9,11,15H,3,6,8H2,1-2H3. The van der Waals surface area contributed by atoms with Crippen LogP contribution in [-0.4, -0.2) is 16.5 Å². The maximum absolute atomic E-state index is 11.7. The maximum Gasteiger partial charge on any atom is 0.228 e. The van der Waals surface area contributed by atoms with Crippen molar-refractivity contribution < 1.29 is 4.79 Å². The van der Waals surface area contributed by atoms with E-state index in [1.54, 1.807) is 11.8 Å². The van der Waals surface area contributed by atoms with E-state index in [2.05, 4.69) is 11.8 Å². The number of hydrogen-bond donors (Lipinski definition) is 1. The summed E-state index contributed by atoms with van der Waals surface area (Å²) in [7, 11) is 0. The Bertz CT molecular complexity index is 488. The van der Waals surface area contributed by atoms with Crippen LogP contribution >= 0.6 is 0 Å². The lowest BCUT2D eigenvalue weighted by molar-refractivity contribution is -0.125.